The fourth-order valence-electron chi connectivity index (χ4n) is 2.30. The minimum atomic E-state index is -0.216. The number of aryl methyl sites for hydroxylation is 1. The van der Waals surface area contributed by atoms with Crippen LogP contribution in [0.5, 0.6) is 5.75 Å². The summed E-state index contributed by atoms with van der Waals surface area (Å²) in [6.45, 7) is 2.12. The van der Waals surface area contributed by atoms with Crippen LogP contribution in [-0.4, -0.2) is 16.5 Å². The first-order valence-electron chi connectivity index (χ1n) is 7.48. The first kappa shape index (κ1) is 15.5. The van der Waals surface area contributed by atoms with Crippen molar-refractivity contribution in [2.24, 2.45) is 0 Å². The molecule has 0 radical (unpaired) electrons. The van der Waals surface area contributed by atoms with Crippen molar-refractivity contribution in [1.29, 1.82) is 0 Å². The van der Waals surface area contributed by atoms with E-state index in [9.17, 15) is 9.90 Å². The van der Waals surface area contributed by atoms with Gasteiger partial charge in [-0.05, 0) is 36.3 Å². The Bertz CT molecular complexity index is 741. The summed E-state index contributed by atoms with van der Waals surface area (Å²) in [4.78, 5) is 12.6. The zero-order valence-electron chi connectivity index (χ0n) is 12.7. The Labute approximate surface area is 139 Å². The maximum atomic E-state index is 12.1. The van der Waals surface area contributed by atoms with E-state index in [1.54, 1.807) is 24.3 Å². The molecule has 1 heterocycles. The van der Waals surface area contributed by atoms with Gasteiger partial charge < -0.3 is 15.7 Å². The largest absolute Gasteiger partial charge is 0.507 e. The molecule has 0 aromatic heterocycles. The molecule has 0 unspecified atom stereocenters. The number of rotatable bonds is 4. The molecule has 0 aliphatic carbocycles. The summed E-state index contributed by atoms with van der Waals surface area (Å²) in [5.74, 6) is 0.0286. The predicted octanol–water partition coefficient (Wildman–Crippen LogP) is 3.55. The molecule has 1 saturated heterocycles. The minimum absolute atomic E-state index is 0.138. The van der Waals surface area contributed by atoms with Crippen molar-refractivity contribution < 1.29 is 9.90 Å². The maximum absolute atomic E-state index is 12.1. The summed E-state index contributed by atoms with van der Waals surface area (Å²) in [7, 11) is 0. The number of anilines is 1. The lowest BCUT2D eigenvalue weighted by Gasteiger charge is -2.12. The number of para-hydroxylation sites is 1. The lowest BCUT2D eigenvalue weighted by molar-refractivity contribution is -0.116. The van der Waals surface area contributed by atoms with E-state index < -0.39 is 0 Å². The fourth-order valence-corrected chi connectivity index (χ4v) is 3.28. The van der Waals surface area contributed by atoms with Crippen molar-refractivity contribution in [2.75, 3.05) is 5.32 Å². The Morgan fingerprint density at radius 3 is 2.65 bits per heavy atom. The van der Waals surface area contributed by atoms with Gasteiger partial charge in [0, 0.05) is 11.3 Å². The zero-order chi connectivity index (χ0) is 16.2. The third-order valence-corrected chi connectivity index (χ3v) is 4.64. The molecule has 23 heavy (non-hydrogen) atoms. The van der Waals surface area contributed by atoms with Crippen LogP contribution < -0.4 is 10.6 Å². The molecule has 1 amide bonds. The monoisotopic (exact) mass is 326 g/mol. The SMILES string of the molecule is CCc1ccc(N[C@@H]2NC(=O)/C(=C/c3ccccc3O)S2)cc1. The van der Waals surface area contributed by atoms with Crippen molar-refractivity contribution >= 4 is 29.4 Å². The molecule has 0 saturated carbocycles. The number of thioether (sulfide) groups is 1. The highest BCUT2D eigenvalue weighted by Crippen LogP contribution is 2.31. The smallest absolute Gasteiger partial charge is 0.260 e. The van der Waals surface area contributed by atoms with Crippen molar-refractivity contribution in [1.82, 2.24) is 5.32 Å². The standard InChI is InChI=1S/C18H18N2O2S/c1-2-12-7-9-14(10-8-12)19-18-20-17(22)16(23-18)11-13-5-3-4-6-15(13)21/h3-11,18-19,21H,2H2,1H3,(H,20,22)/b16-11-/t18-/m1/s1. The molecule has 2 aromatic rings. The summed E-state index contributed by atoms with van der Waals surface area (Å²) in [6, 6.07) is 15.1. The number of phenolic OH excluding ortho intramolecular Hbond substituents is 1. The summed E-state index contributed by atoms with van der Waals surface area (Å²) in [5.41, 5.74) is 2.66. The lowest BCUT2D eigenvalue weighted by Crippen LogP contribution is -2.30. The van der Waals surface area contributed by atoms with E-state index in [0.717, 1.165) is 12.1 Å². The first-order valence-corrected chi connectivity index (χ1v) is 8.36. The van der Waals surface area contributed by atoms with Crippen LogP contribution in [0.2, 0.25) is 0 Å². The van der Waals surface area contributed by atoms with E-state index in [0.29, 0.717) is 10.5 Å². The van der Waals surface area contributed by atoms with Crippen LogP contribution >= 0.6 is 11.8 Å². The third-order valence-electron chi connectivity index (χ3n) is 3.61. The molecule has 118 valence electrons. The molecule has 1 fully saturated rings. The Morgan fingerprint density at radius 1 is 1.22 bits per heavy atom. The number of hydrogen-bond acceptors (Lipinski definition) is 4. The van der Waals surface area contributed by atoms with Gasteiger partial charge in [-0.15, -0.1) is 0 Å². The third kappa shape index (κ3) is 3.68. The average Bonchev–Trinajstić information content (AvgIpc) is 2.90. The highest BCUT2D eigenvalue weighted by atomic mass is 32.2. The van der Waals surface area contributed by atoms with Gasteiger partial charge in [0.15, 0.2) is 5.50 Å². The highest BCUT2D eigenvalue weighted by molar-refractivity contribution is 8.05. The van der Waals surface area contributed by atoms with E-state index in [-0.39, 0.29) is 17.2 Å². The molecular formula is C18H18N2O2S. The number of benzene rings is 2. The molecule has 1 aliphatic rings. The predicted molar refractivity (Wildman–Crippen MR) is 95.0 cm³/mol. The molecule has 1 atom stereocenters. The Morgan fingerprint density at radius 2 is 1.96 bits per heavy atom. The summed E-state index contributed by atoms with van der Waals surface area (Å²) in [5, 5.41) is 16.0. The quantitative estimate of drug-likeness (QED) is 0.752. The van der Waals surface area contributed by atoms with Crippen LogP contribution in [0.25, 0.3) is 6.08 Å². The van der Waals surface area contributed by atoms with Crippen LogP contribution in [0.4, 0.5) is 5.69 Å². The van der Waals surface area contributed by atoms with Gasteiger partial charge in [-0.25, -0.2) is 0 Å². The maximum Gasteiger partial charge on any atom is 0.260 e. The van der Waals surface area contributed by atoms with Gasteiger partial charge in [0.25, 0.3) is 5.91 Å². The molecule has 4 nitrogen and oxygen atoms in total. The number of carbonyl (C=O) groups excluding carboxylic acids is 1. The van der Waals surface area contributed by atoms with E-state index in [1.807, 2.05) is 18.2 Å². The van der Waals surface area contributed by atoms with E-state index in [2.05, 4.69) is 29.7 Å². The van der Waals surface area contributed by atoms with Crippen LogP contribution in [0.3, 0.4) is 0 Å². The zero-order valence-corrected chi connectivity index (χ0v) is 13.6. The number of hydrogen-bond donors (Lipinski definition) is 3. The molecule has 0 spiro atoms. The van der Waals surface area contributed by atoms with Gasteiger partial charge in [0.1, 0.15) is 5.75 Å². The fraction of sp³-hybridized carbons (Fsp3) is 0.167. The topological polar surface area (TPSA) is 61.4 Å². The highest BCUT2D eigenvalue weighted by Gasteiger charge is 2.27. The Balaban J connectivity index is 1.70. The van der Waals surface area contributed by atoms with Gasteiger partial charge in [0.2, 0.25) is 0 Å². The van der Waals surface area contributed by atoms with Gasteiger partial charge in [-0.3, -0.25) is 4.79 Å². The number of phenols is 1. The molecular weight excluding hydrogens is 308 g/mol. The molecule has 2 aromatic carbocycles. The number of amides is 1. The molecule has 1 aliphatic heterocycles. The van der Waals surface area contributed by atoms with Crippen molar-refractivity contribution in [3.63, 3.8) is 0 Å². The number of nitrogens with one attached hydrogen (secondary N) is 2. The van der Waals surface area contributed by atoms with Crippen molar-refractivity contribution in [3.8, 4) is 5.75 Å². The molecule has 3 rings (SSSR count). The van der Waals surface area contributed by atoms with Gasteiger partial charge in [-0.2, -0.15) is 0 Å². The number of aromatic hydroxyl groups is 1. The van der Waals surface area contributed by atoms with Crippen molar-refractivity contribution in [2.45, 2.75) is 18.8 Å². The van der Waals surface area contributed by atoms with E-state index in [4.69, 9.17) is 0 Å². The van der Waals surface area contributed by atoms with Crippen LogP contribution in [-0.2, 0) is 11.2 Å². The lowest BCUT2D eigenvalue weighted by atomic mass is 10.1. The van der Waals surface area contributed by atoms with E-state index in [1.165, 1.54) is 17.3 Å². The first-order chi connectivity index (χ1) is 11.2. The van der Waals surface area contributed by atoms with Gasteiger partial charge in [-0.1, -0.05) is 49.0 Å². The minimum Gasteiger partial charge on any atom is -0.507 e. The van der Waals surface area contributed by atoms with Crippen LogP contribution in [0, 0.1) is 0 Å². The Hall–Kier alpha value is -2.40. The summed E-state index contributed by atoms with van der Waals surface area (Å²) in [6.07, 6.45) is 2.71. The molecule has 3 N–H and O–H groups in total. The second-order valence-corrected chi connectivity index (χ2v) is 6.38. The second kappa shape index (κ2) is 6.79. The van der Waals surface area contributed by atoms with Gasteiger partial charge in [0.05, 0.1) is 4.91 Å². The molecule has 0 bridgehead atoms. The second-order valence-electron chi connectivity index (χ2n) is 5.23. The van der Waals surface area contributed by atoms with Crippen LogP contribution in [0.15, 0.2) is 53.4 Å². The normalized spacial score (nSPS) is 18.9. The van der Waals surface area contributed by atoms with E-state index >= 15 is 0 Å². The van der Waals surface area contributed by atoms with Gasteiger partial charge >= 0.3 is 0 Å². The number of carbonyl (C=O) groups is 1. The summed E-state index contributed by atoms with van der Waals surface area (Å²) >= 11 is 1.41. The molecule has 5 heteroatoms. The van der Waals surface area contributed by atoms with Crippen LogP contribution in [0.1, 0.15) is 18.1 Å². The van der Waals surface area contributed by atoms with Crippen molar-refractivity contribution in [3.05, 3.63) is 64.6 Å². The Kier molecular flexibility index (Phi) is 4.57. The average molecular weight is 326 g/mol. The summed E-state index contributed by atoms with van der Waals surface area (Å²) < 4.78 is 0.